The Morgan fingerprint density at radius 1 is 1.24 bits per heavy atom. The number of primary amides is 1. The SMILES string of the molecule is NC(=O)c1nccnc1Oc1ccccc1Br. The third-order valence-corrected chi connectivity index (χ3v) is 2.60. The zero-order valence-electron chi connectivity index (χ0n) is 8.63. The topological polar surface area (TPSA) is 78.1 Å². The highest BCUT2D eigenvalue weighted by molar-refractivity contribution is 9.10. The van der Waals surface area contributed by atoms with Gasteiger partial charge in [0.15, 0.2) is 5.69 Å². The Balaban J connectivity index is 2.37. The average molecular weight is 294 g/mol. The van der Waals surface area contributed by atoms with E-state index in [2.05, 4.69) is 25.9 Å². The fourth-order valence-corrected chi connectivity index (χ4v) is 1.57. The summed E-state index contributed by atoms with van der Waals surface area (Å²) in [4.78, 5) is 18.9. The second kappa shape index (κ2) is 4.92. The normalized spacial score (nSPS) is 9.94. The number of nitrogens with zero attached hydrogens (tertiary/aromatic N) is 2. The molecule has 2 aromatic rings. The van der Waals surface area contributed by atoms with Gasteiger partial charge in [-0.05, 0) is 28.1 Å². The number of rotatable bonds is 3. The highest BCUT2D eigenvalue weighted by atomic mass is 79.9. The quantitative estimate of drug-likeness (QED) is 0.940. The standard InChI is InChI=1S/C11H8BrN3O2/c12-7-3-1-2-4-8(7)17-11-9(10(13)16)14-5-6-15-11/h1-6H,(H2,13,16). The van der Waals surface area contributed by atoms with Crippen LogP contribution in [0.15, 0.2) is 41.1 Å². The summed E-state index contributed by atoms with van der Waals surface area (Å²) in [5.74, 6) is -0.0532. The Morgan fingerprint density at radius 2 is 1.94 bits per heavy atom. The molecule has 0 atom stereocenters. The van der Waals surface area contributed by atoms with Gasteiger partial charge in [-0.15, -0.1) is 0 Å². The summed E-state index contributed by atoms with van der Waals surface area (Å²) < 4.78 is 6.23. The highest BCUT2D eigenvalue weighted by Crippen LogP contribution is 2.28. The van der Waals surface area contributed by atoms with Gasteiger partial charge in [0.05, 0.1) is 4.47 Å². The second-order valence-corrected chi connectivity index (χ2v) is 3.96. The second-order valence-electron chi connectivity index (χ2n) is 3.11. The monoisotopic (exact) mass is 293 g/mol. The summed E-state index contributed by atoms with van der Waals surface area (Å²) in [5.41, 5.74) is 5.18. The summed E-state index contributed by atoms with van der Waals surface area (Å²) in [7, 11) is 0. The third kappa shape index (κ3) is 2.59. The van der Waals surface area contributed by atoms with Crippen molar-refractivity contribution in [3.8, 4) is 11.6 Å². The van der Waals surface area contributed by atoms with Gasteiger partial charge in [-0.1, -0.05) is 12.1 Å². The lowest BCUT2D eigenvalue weighted by molar-refractivity contribution is 0.0992. The van der Waals surface area contributed by atoms with Crippen LogP contribution in [-0.4, -0.2) is 15.9 Å². The number of halogens is 1. The number of amides is 1. The van der Waals surface area contributed by atoms with E-state index in [9.17, 15) is 4.79 Å². The Hall–Kier alpha value is -1.95. The van der Waals surface area contributed by atoms with Gasteiger partial charge >= 0.3 is 0 Å². The van der Waals surface area contributed by atoms with Crippen molar-refractivity contribution in [2.45, 2.75) is 0 Å². The zero-order valence-corrected chi connectivity index (χ0v) is 10.2. The Morgan fingerprint density at radius 3 is 2.65 bits per heavy atom. The van der Waals surface area contributed by atoms with E-state index >= 15 is 0 Å². The number of nitrogens with two attached hydrogens (primary N) is 1. The number of para-hydroxylation sites is 1. The van der Waals surface area contributed by atoms with E-state index < -0.39 is 5.91 Å². The summed E-state index contributed by atoms with van der Waals surface area (Å²) >= 11 is 3.33. The van der Waals surface area contributed by atoms with Gasteiger partial charge < -0.3 is 10.5 Å². The molecule has 0 unspecified atom stereocenters. The summed E-state index contributed by atoms with van der Waals surface area (Å²) in [6, 6.07) is 7.21. The van der Waals surface area contributed by atoms with Crippen molar-refractivity contribution < 1.29 is 9.53 Å². The minimum atomic E-state index is -0.680. The lowest BCUT2D eigenvalue weighted by Crippen LogP contribution is -2.14. The molecule has 6 heteroatoms. The van der Waals surface area contributed by atoms with Gasteiger partial charge in [0.25, 0.3) is 11.8 Å². The number of hydrogen-bond donors (Lipinski definition) is 1. The van der Waals surface area contributed by atoms with E-state index in [1.54, 1.807) is 12.1 Å². The molecule has 5 nitrogen and oxygen atoms in total. The number of benzene rings is 1. The molecule has 1 heterocycles. The molecule has 2 rings (SSSR count). The zero-order chi connectivity index (χ0) is 12.3. The third-order valence-electron chi connectivity index (χ3n) is 1.94. The molecule has 0 aliphatic rings. The van der Waals surface area contributed by atoms with Crippen LogP contribution in [0.1, 0.15) is 10.5 Å². The van der Waals surface area contributed by atoms with Crippen molar-refractivity contribution in [2.75, 3.05) is 0 Å². The van der Waals surface area contributed by atoms with Crippen molar-refractivity contribution in [3.63, 3.8) is 0 Å². The Kier molecular flexibility index (Phi) is 3.34. The van der Waals surface area contributed by atoms with Gasteiger partial charge in [0, 0.05) is 12.4 Å². The maximum atomic E-state index is 11.1. The molecular formula is C11H8BrN3O2. The predicted molar refractivity (Wildman–Crippen MR) is 64.8 cm³/mol. The molecule has 1 aromatic carbocycles. The molecule has 0 fully saturated rings. The number of carbonyl (C=O) groups excluding carboxylic acids is 1. The summed E-state index contributed by atoms with van der Waals surface area (Å²) in [6.07, 6.45) is 2.81. The van der Waals surface area contributed by atoms with Crippen LogP contribution >= 0.6 is 15.9 Å². The summed E-state index contributed by atoms with van der Waals surface area (Å²) in [5, 5.41) is 0. The lowest BCUT2D eigenvalue weighted by Gasteiger charge is -2.07. The van der Waals surface area contributed by atoms with Gasteiger partial charge in [0.1, 0.15) is 5.75 Å². The van der Waals surface area contributed by atoms with Crippen LogP contribution in [0.25, 0.3) is 0 Å². The minimum absolute atomic E-state index is 0.00301. The smallest absolute Gasteiger partial charge is 0.272 e. The van der Waals surface area contributed by atoms with E-state index in [1.807, 2.05) is 12.1 Å². The molecule has 0 saturated heterocycles. The molecule has 2 N–H and O–H groups in total. The molecule has 1 aromatic heterocycles. The van der Waals surface area contributed by atoms with Crippen LogP contribution in [-0.2, 0) is 0 Å². The predicted octanol–water partition coefficient (Wildman–Crippen LogP) is 2.13. The van der Waals surface area contributed by atoms with Crippen molar-refractivity contribution >= 4 is 21.8 Å². The minimum Gasteiger partial charge on any atom is -0.436 e. The number of ether oxygens (including phenoxy) is 1. The van der Waals surface area contributed by atoms with E-state index in [1.165, 1.54) is 12.4 Å². The summed E-state index contributed by atoms with van der Waals surface area (Å²) in [6.45, 7) is 0. The Labute approximate surface area is 106 Å². The van der Waals surface area contributed by atoms with Crippen molar-refractivity contribution in [1.29, 1.82) is 0 Å². The van der Waals surface area contributed by atoms with Crippen LogP contribution in [0, 0.1) is 0 Å². The first kappa shape index (κ1) is 11.5. The van der Waals surface area contributed by atoms with E-state index in [4.69, 9.17) is 10.5 Å². The largest absolute Gasteiger partial charge is 0.436 e. The van der Waals surface area contributed by atoms with E-state index in [-0.39, 0.29) is 11.6 Å². The van der Waals surface area contributed by atoms with E-state index in [0.717, 1.165) is 4.47 Å². The van der Waals surface area contributed by atoms with Gasteiger partial charge in [0.2, 0.25) is 0 Å². The first-order valence-corrected chi connectivity index (χ1v) is 5.51. The van der Waals surface area contributed by atoms with Crippen molar-refractivity contribution in [2.24, 2.45) is 5.73 Å². The Bertz CT molecular complexity index is 560. The van der Waals surface area contributed by atoms with Crippen LogP contribution in [0.5, 0.6) is 11.6 Å². The first-order valence-electron chi connectivity index (χ1n) is 4.71. The number of hydrogen-bond acceptors (Lipinski definition) is 4. The van der Waals surface area contributed by atoms with Crippen LogP contribution in [0.3, 0.4) is 0 Å². The molecule has 0 saturated carbocycles. The first-order chi connectivity index (χ1) is 8.18. The number of aromatic nitrogens is 2. The van der Waals surface area contributed by atoms with Gasteiger partial charge in [-0.25, -0.2) is 9.97 Å². The lowest BCUT2D eigenvalue weighted by atomic mass is 10.3. The van der Waals surface area contributed by atoms with Crippen LogP contribution in [0.2, 0.25) is 0 Å². The van der Waals surface area contributed by atoms with Gasteiger partial charge in [-0.2, -0.15) is 0 Å². The maximum absolute atomic E-state index is 11.1. The van der Waals surface area contributed by atoms with Crippen LogP contribution < -0.4 is 10.5 Å². The van der Waals surface area contributed by atoms with Gasteiger partial charge in [-0.3, -0.25) is 4.79 Å². The molecule has 0 aliphatic carbocycles. The molecule has 1 amide bonds. The molecule has 0 radical (unpaired) electrons. The molecule has 0 bridgehead atoms. The fourth-order valence-electron chi connectivity index (χ4n) is 1.20. The molecule has 86 valence electrons. The maximum Gasteiger partial charge on any atom is 0.272 e. The van der Waals surface area contributed by atoms with E-state index in [0.29, 0.717) is 5.75 Å². The number of carbonyl (C=O) groups is 1. The highest BCUT2D eigenvalue weighted by Gasteiger charge is 2.13. The molecular weight excluding hydrogens is 286 g/mol. The fraction of sp³-hybridized carbons (Fsp3) is 0. The molecule has 17 heavy (non-hydrogen) atoms. The van der Waals surface area contributed by atoms with Crippen LogP contribution in [0.4, 0.5) is 0 Å². The molecule has 0 spiro atoms. The average Bonchev–Trinajstić information content (AvgIpc) is 2.32. The molecule has 0 aliphatic heterocycles. The van der Waals surface area contributed by atoms with Crippen molar-refractivity contribution in [3.05, 3.63) is 46.8 Å². The van der Waals surface area contributed by atoms with Crippen molar-refractivity contribution in [1.82, 2.24) is 9.97 Å².